The van der Waals surface area contributed by atoms with E-state index < -0.39 is 15.6 Å². The molecule has 0 radical (unpaired) electrons. The molecule has 7 nitrogen and oxygen atoms in total. The lowest BCUT2D eigenvalue weighted by atomic mass is 10.1. The van der Waals surface area contributed by atoms with Crippen molar-refractivity contribution in [1.82, 2.24) is 19.4 Å². The molecule has 3 aromatic rings. The fourth-order valence-corrected chi connectivity index (χ4v) is 4.98. The van der Waals surface area contributed by atoms with Gasteiger partial charge in [-0.2, -0.15) is 5.10 Å². The molecule has 0 spiro atoms. The minimum absolute atomic E-state index is 0.0556. The molecular weight excluding hydrogens is 436 g/mol. The van der Waals surface area contributed by atoms with E-state index >= 15 is 0 Å². The first-order chi connectivity index (χ1) is 14.5. The van der Waals surface area contributed by atoms with Gasteiger partial charge in [0.2, 0.25) is 10.0 Å². The lowest BCUT2D eigenvalue weighted by Crippen LogP contribution is -2.40. The Morgan fingerprint density at radius 2 is 1.84 bits per heavy atom. The van der Waals surface area contributed by atoms with E-state index in [-0.39, 0.29) is 21.4 Å². The van der Waals surface area contributed by atoms with Crippen LogP contribution in [0.3, 0.4) is 0 Å². The number of carbonyl (C=O) groups is 1. The molecule has 0 atom stereocenters. The SMILES string of the molecule is CN(Cc1cnn(-c2ccccc2)c1)C(=O)c1ccc(Cl)c(S(=O)(=O)NC(C)(C)C)c1. The summed E-state index contributed by atoms with van der Waals surface area (Å²) in [5, 5.41) is 4.39. The number of para-hydroxylation sites is 1. The Morgan fingerprint density at radius 1 is 1.16 bits per heavy atom. The first kappa shape index (κ1) is 23.0. The maximum Gasteiger partial charge on any atom is 0.253 e. The second-order valence-corrected chi connectivity index (χ2v) is 10.3. The van der Waals surface area contributed by atoms with Gasteiger partial charge in [0.1, 0.15) is 4.90 Å². The molecule has 31 heavy (non-hydrogen) atoms. The summed E-state index contributed by atoms with van der Waals surface area (Å²) in [6.07, 6.45) is 3.55. The summed E-state index contributed by atoms with van der Waals surface area (Å²) in [5.74, 6) is -0.323. The molecule has 0 bridgehead atoms. The van der Waals surface area contributed by atoms with E-state index in [1.165, 1.54) is 23.1 Å². The Bertz CT molecular complexity index is 1180. The molecular formula is C22H25ClN4O3S. The van der Waals surface area contributed by atoms with Crippen LogP contribution in [0.5, 0.6) is 0 Å². The highest BCUT2D eigenvalue weighted by molar-refractivity contribution is 7.89. The molecule has 0 aliphatic rings. The number of hydrogen-bond acceptors (Lipinski definition) is 4. The first-order valence-corrected chi connectivity index (χ1v) is 11.5. The Labute approximate surface area is 187 Å². The van der Waals surface area contributed by atoms with Crippen LogP contribution >= 0.6 is 11.6 Å². The van der Waals surface area contributed by atoms with Gasteiger partial charge in [0.05, 0.1) is 16.9 Å². The van der Waals surface area contributed by atoms with Crippen LogP contribution in [0.25, 0.3) is 5.69 Å². The summed E-state index contributed by atoms with van der Waals surface area (Å²) in [5.41, 5.74) is 1.31. The minimum atomic E-state index is -3.88. The Kier molecular flexibility index (Phi) is 6.54. The third-order valence-electron chi connectivity index (χ3n) is 4.33. The van der Waals surface area contributed by atoms with E-state index in [1.807, 2.05) is 36.5 Å². The second-order valence-electron chi connectivity index (χ2n) is 8.29. The molecule has 1 N–H and O–H groups in total. The number of sulfonamides is 1. The summed E-state index contributed by atoms with van der Waals surface area (Å²) in [6, 6.07) is 13.9. The summed E-state index contributed by atoms with van der Waals surface area (Å²) < 4.78 is 29.7. The van der Waals surface area contributed by atoms with Gasteiger partial charge in [-0.05, 0) is 51.1 Å². The van der Waals surface area contributed by atoms with Gasteiger partial charge >= 0.3 is 0 Å². The van der Waals surface area contributed by atoms with Crippen LogP contribution in [0.2, 0.25) is 5.02 Å². The molecule has 1 aromatic heterocycles. The molecule has 0 aliphatic carbocycles. The highest BCUT2D eigenvalue weighted by atomic mass is 35.5. The van der Waals surface area contributed by atoms with Crippen LogP contribution in [0.4, 0.5) is 0 Å². The molecule has 1 amide bonds. The molecule has 0 aliphatic heterocycles. The Balaban J connectivity index is 1.79. The van der Waals surface area contributed by atoms with Gasteiger partial charge in [-0.25, -0.2) is 17.8 Å². The monoisotopic (exact) mass is 460 g/mol. The number of aromatic nitrogens is 2. The molecule has 9 heteroatoms. The van der Waals surface area contributed by atoms with E-state index in [9.17, 15) is 13.2 Å². The predicted octanol–water partition coefficient (Wildman–Crippen LogP) is 3.87. The maximum absolute atomic E-state index is 12.9. The van der Waals surface area contributed by atoms with Crippen molar-refractivity contribution in [3.63, 3.8) is 0 Å². The van der Waals surface area contributed by atoms with Crippen molar-refractivity contribution in [1.29, 1.82) is 0 Å². The smallest absolute Gasteiger partial charge is 0.253 e. The fourth-order valence-electron chi connectivity index (χ4n) is 3.03. The van der Waals surface area contributed by atoms with E-state index in [2.05, 4.69) is 9.82 Å². The molecule has 0 unspecified atom stereocenters. The molecule has 164 valence electrons. The van der Waals surface area contributed by atoms with E-state index in [0.29, 0.717) is 6.54 Å². The molecule has 3 rings (SSSR count). The summed E-state index contributed by atoms with van der Waals surface area (Å²) in [6.45, 7) is 5.52. The molecule has 0 saturated heterocycles. The average Bonchev–Trinajstić information content (AvgIpc) is 3.15. The second kappa shape index (κ2) is 8.82. The van der Waals surface area contributed by atoms with Crippen molar-refractivity contribution in [2.75, 3.05) is 7.05 Å². The molecule has 0 fully saturated rings. The average molecular weight is 461 g/mol. The molecule has 0 saturated carbocycles. The Hall–Kier alpha value is -2.68. The van der Waals surface area contributed by atoms with Gasteiger partial charge in [-0.3, -0.25) is 4.79 Å². The van der Waals surface area contributed by atoms with Crippen molar-refractivity contribution in [2.45, 2.75) is 37.8 Å². The largest absolute Gasteiger partial charge is 0.337 e. The zero-order chi connectivity index (χ0) is 22.8. The van der Waals surface area contributed by atoms with Gasteiger partial charge in [0.15, 0.2) is 0 Å². The first-order valence-electron chi connectivity index (χ1n) is 9.64. The zero-order valence-electron chi connectivity index (χ0n) is 17.8. The van der Waals surface area contributed by atoms with Crippen LogP contribution in [0.1, 0.15) is 36.7 Å². The number of benzene rings is 2. The molecule has 1 heterocycles. The van der Waals surface area contributed by atoms with Crippen LogP contribution < -0.4 is 4.72 Å². The number of halogens is 1. The highest BCUT2D eigenvalue weighted by Gasteiger charge is 2.26. The van der Waals surface area contributed by atoms with Crippen molar-refractivity contribution >= 4 is 27.5 Å². The molecule has 2 aromatic carbocycles. The number of nitrogens with one attached hydrogen (secondary N) is 1. The Morgan fingerprint density at radius 3 is 2.48 bits per heavy atom. The van der Waals surface area contributed by atoms with Gasteiger partial charge < -0.3 is 4.90 Å². The van der Waals surface area contributed by atoms with Crippen LogP contribution in [-0.2, 0) is 16.6 Å². The van der Waals surface area contributed by atoms with Crippen LogP contribution in [0.15, 0.2) is 65.8 Å². The lowest BCUT2D eigenvalue weighted by Gasteiger charge is -2.21. The van der Waals surface area contributed by atoms with Crippen LogP contribution in [0, 0.1) is 0 Å². The number of rotatable bonds is 6. The zero-order valence-corrected chi connectivity index (χ0v) is 19.4. The van der Waals surface area contributed by atoms with Gasteiger partial charge in [0, 0.05) is 36.5 Å². The number of nitrogens with zero attached hydrogens (tertiary/aromatic N) is 3. The predicted molar refractivity (Wildman–Crippen MR) is 121 cm³/mol. The van der Waals surface area contributed by atoms with Crippen LogP contribution in [-0.4, -0.2) is 41.6 Å². The fraction of sp³-hybridized carbons (Fsp3) is 0.273. The van der Waals surface area contributed by atoms with E-state index in [4.69, 9.17) is 11.6 Å². The topological polar surface area (TPSA) is 84.3 Å². The minimum Gasteiger partial charge on any atom is -0.337 e. The number of carbonyl (C=O) groups excluding carboxylic acids is 1. The van der Waals surface area contributed by atoms with E-state index in [0.717, 1.165) is 11.3 Å². The third-order valence-corrected chi connectivity index (χ3v) is 6.57. The van der Waals surface area contributed by atoms with Crippen molar-refractivity contribution in [3.8, 4) is 5.69 Å². The quantitative estimate of drug-likeness (QED) is 0.605. The number of hydrogen-bond donors (Lipinski definition) is 1. The standard InChI is InChI=1S/C22H25ClN4O3S/c1-22(2,3)25-31(29,30)20-12-17(10-11-19(20)23)21(28)26(4)14-16-13-24-27(15-16)18-8-6-5-7-9-18/h5-13,15,25H,14H2,1-4H3. The van der Waals surface area contributed by atoms with Crippen molar-refractivity contribution in [2.24, 2.45) is 0 Å². The number of amides is 1. The van der Waals surface area contributed by atoms with Gasteiger partial charge in [-0.15, -0.1) is 0 Å². The lowest BCUT2D eigenvalue weighted by molar-refractivity contribution is 0.0785. The van der Waals surface area contributed by atoms with Gasteiger partial charge in [0.25, 0.3) is 5.91 Å². The highest BCUT2D eigenvalue weighted by Crippen LogP contribution is 2.25. The van der Waals surface area contributed by atoms with Crippen molar-refractivity contribution in [3.05, 3.63) is 77.1 Å². The summed E-state index contributed by atoms with van der Waals surface area (Å²) in [7, 11) is -2.23. The van der Waals surface area contributed by atoms with Gasteiger partial charge in [-0.1, -0.05) is 29.8 Å². The normalized spacial score (nSPS) is 12.0. The van der Waals surface area contributed by atoms with E-state index in [1.54, 1.807) is 38.7 Å². The maximum atomic E-state index is 12.9. The summed E-state index contributed by atoms with van der Waals surface area (Å²) >= 11 is 6.13. The summed E-state index contributed by atoms with van der Waals surface area (Å²) in [4.78, 5) is 14.3. The third kappa shape index (κ3) is 5.72. The van der Waals surface area contributed by atoms with Crippen molar-refractivity contribution < 1.29 is 13.2 Å².